The van der Waals surface area contributed by atoms with Gasteiger partial charge in [0.05, 0.1) is 6.61 Å². The molecule has 0 aliphatic rings. The molecule has 0 rings (SSSR count). The Morgan fingerprint density at radius 3 is 0.870 bits per heavy atom. The molecule has 0 saturated heterocycles. The van der Waals surface area contributed by atoms with Crippen molar-refractivity contribution in [2.45, 2.75) is 335 Å². The van der Waals surface area contributed by atoms with Crippen molar-refractivity contribution in [2.75, 3.05) is 13.2 Å². The van der Waals surface area contributed by atoms with Gasteiger partial charge in [-0.1, -0.05) is 287 Å². The molecule has 69 heavy (non-hydrogen) atoms. The first-order valence-corrected chi connectivity index (χ1v) is 30.7. The number of allylic oxidation sites excluding steroid dienone is 8. The summed E-state index contributed by atoms with van der Waals surface area (Å²) in [4.78, 5) is 24.5. The summed E-state index contributed by atoms with van der Waals surface area (Å²) in [6, 6.07) is 0. The number of aliphatic hydroxyl groups is 1. The van der Waals surface area contributed by atoms with Crippen LogP contribution in [-0.2, 0) is 19.1 Å². The third-order valence-electron chi connectivity index (χ3n) is 13.8. The first-order valence-electron chi connectivity index (χ1n) is 30.7. The molecule has 0 aromatic heterocycles. The summed E-state index contributed by atoms with van der Waals surface area (Å²) in [7, 11) is 0. The van der Waals surface area contributed by atoms with E-state index in [1.807, 2.05) is 0 Å². The summed E-state index contributed by atoms with van der Waals surface area (Å²) in [6.45, 7) is 4.13. The van der Waals surface area contributed by atoms with Gasteiger partial charge in [0.25, 0.3) is 0 Å². The predicted molar refractivity (Wildman–Crippen MR) is 302 cm³/mol. The van der Waals surface area contributed by atoms with E-state index in [9.17, 15) is 14.7 Å². The number of aliphatic hydroxyl groups excluding tert-OH is 1. The van der Waals surface area contributed by atoms with Crippen molar-refractivity contribution in [3.8, 4) is 0 Å². The lowest BCUT2D eigenvalue weighted by atomic mass is 10.0. The summed E-state index contributed by atoms with van der Waals surface area (Å²) in [5, 5.41) is 9.64. The van der Waals surface area contributed by atoms with Crippen molar-refractivity contribution in [1.29, 1.82) is 0 Å². The zero-order valence-corrected chi connectivity index (χ0v) is 46.3. The van der Waals surface area contributed by atoms with E-state index in [1.54, 1.807) is 0 Å². The Hall–Kier alpha value is -2.14. The maximum absolute atomic E-state index is 12.3. The van der Waals surface area contributed by atoms with E-state index < -0.39 is 6.10 Å². The summed E-state index contributed by atoms with van der Waals surface area (Å²) < 4.78 is 10.7. The molecule has 0 bridgehead atoms. The fourth-order valence-corrected chi connectivity index (χ4v) is 9.21. The molecule has 404 valence electrons. The molecule has 0 aromatic carbocycles. The van der Waals surface area contributed by atoms with Gasteiger partial charge in [0.2, 0.25) is 0 Å². The van der Waals surface area contributed by atoms with Gasteiger partial charge in [-0.15, -0.1) is 0 Å². The van der Waals surface area contributed by atoms with Gasteiger partial charge in [0, 0.05) is 12.8 Å². The molecule has 5 heteroatoms. The highest BCUT2D eigenvalue weighted by Gasteiger charge is 2.16. The van der Waals surface area contributed by atoms with Crippen LogP contribution in [0, 0.1) is 0 Å². The van der Waals surface area contributed by atoms with Gasteiger partial charge < -0.3 is 14.6 Å². The second kappa shape index (κ2) is 60.2. The van der Waals surface area contributed by atoms with Crippen molar-refractivity contribution >= 4 is 11.9 Å². The van der Waals surface area contributed by atoms with E-state index >= 15 is 0 Å². The smallest absolute Gasteiger partial charge is 0.306 e. The summed E-state index contributed by atoms with van der Waals surface area (Å²) in [5.41, 5.74) is 0. The number of hydrogen-bond acceptors (Lipinski definition) is 5. The number of carbonyl (C=O) groups excluding carboxylic acids is 2. The molecule has 0 saturated carbocycles. The number of rotatable bonds is 57. The molecule has 0 aliphatic heterocycles. The van der Waals surface area contributed by atoms with E-state index in [-0.39, 0.29) is 25.2 Å². The number of ether oxygens (including phenoxy) is 2. The van der Waals surface area contributed by atoms with E-state index in [4.69, 9.17) is 9.47 Å². The Labute approximate surface area is 430 Å². The van der Waals surface area contributed by atoms with Crippen LogP contribution < -0.4 is 0 Å². The van der Waals surface area contributed by atoms with Crippen LogP contribution in [0.3, 0.4) is 0 Å². The molecule has 0 amide bonds. The molecule has 1 N–H and O–H groups in total. The number of hydrogen-bond donors (Lipinski definition) is 1. The molecule has 0 fully saturated rings. The summed E-state index contributed by atoms with van der Waals surface area (Å²) >= 11 is 0. The van der Waals surface area contributed by atoms with Crippen LogP contribution in [0.25, 0.3) is 0 Å². The zero-order valence-electron chi connectivity index (χ0n) is 46.3. The number of unbranched alkanes of at least 4 members (excludes halogenated alkanes) is 41. The highest BCUT2D eigenvalue weighted by Crippen LogP contribution is 2.18. The van der Waals surface area contributed by atoms with Crippen molar-refractivity contribution < 1.29 is 24.2 Å². The standard InChI is InChI=1S/C64H118O5/c1-3-5-7-9-11-13-15-17-19-21-22-23-24-25-26-27-28-29-30-31-32-33-34-35-36-37-38-39-40-41-42-43-45-47-49-51-53-55-57-59-64(67)69-62(60-65)61-68-63(66)58-56-54-52-50-48-46-44-20-18-16-14-12-10-8-6-4-2/h14-17,20-22,44,62,65H,3-13,18-19,23-43,45-61H2,1-2H3/b16-14-,17-15-,22-21-,44-20-. The topological polar surface area (TPSA) is 72.8 Å². The second-order valence-corrected chi connectivity index (χ2v) is 20.8. The van der Waals surface area contributed by atoms with Crippen LogP contribution in [0.1, 0.15) is 328 Å². The van der Waals surface area contributed by atoms with E-state index in [0.29, 0.717) is 12.8 Å². The van der Waals surface area contributed by atoms with Crippen LogP contribution >= 0.6 is 0 Å². The molecule has 5 nitrogen and oxygen atoms in total. The third kappa shape index (κ3) is 58.3. The van der Waals surface area contributed by atoms with Crippen LogP contribution in [0.2, 0.25) is 0 Å². The molecule has 0 aromatic rings. The van der Waals surface area contributed by atoms with Gasteiger partial charge in [0.15, 0.2) is 6.10 Å². The maximum Gasteiger partial charge on any atom is 0.306 e. The van der Waals surface area contributed by atoms with Gasteiger partial charge in [-0.2, -0.15) is 0 Å². The highest BCUT2D eigenvalue weighted by molar-refractivity contribution is 5.70. The van der Waals surface area contributed by atoms with Gasteiger partial charge in [-0.3, -0.25) is 9.59 Å². The first-order chi connectivity index (χ1) is 34.1. The molecular formula is C64H118O5. The predicted octanol–water partition coefficient (Wildman–Crippen LogP) is 20.8. The zero-order chi connectivity index (χ0) is 49.9. The summed E-state index contributed by atoms with van der Waals surface area (Å²) in [6.07, 6.45) is 79.8. The molecular weight excluding hydrogens is 849 g/mol. The largest absolute Gasteiger partial charge is 0.462 e. The maximum atomic E-state index is 12.3. The Kier molecular flexibility index (Phi) is 58.3. The fraction of sp³-hybridized carbons (Fsp3) is 0.844. The molecule has 0 heterocycles. The first kappa shape index (κ1) is 66.9. The lowest BCUT2D eigenvalue weighted by Gasteiger charge is -2.15. The van der Waals surface area contributed by atoms with Crippen molar-refractivity contribution in [3.63, 3.8) is 0 Å². The monoisotopic (exact) mass is 967 g/mol. The van der Waals surface area contributed by atoms with Crippen LogP contribution in [-0.4, -0.2) is 36.4 Å². The van der Waals surface area contributed by atoms with Crippen molar-refractivity contribution in [1.82, 2.24) is 0 Å². The lowest BCUT2D eigenvalue weighted by molar-refractivity contribution is -0.161. The van der Waals surface area contributed by atoms with Crippen molar-refractivity contribution in [2.24, 2.45) is 0 Å². The van der Waals surface area contributed by atoms with E-state index in [0.717, 1.165) is 57.8 Å². The van der Waals surface area contributed by atoms with Crippen LogP contribution in [0.5, 0.6) is 0 Å². The lowest BCUT2D eigenvalue weighted by Crippen LogP contribution is -2.28. The Balaban J connectivity index is 3.38. The summed E-state index contributed by atoms with van der Waals surface area (Å²) in [5.74, 6) is -0.592. The fourth-order valence-electron chi connectivity index (χ4n) is 9.21. The molecule has 1 atom stereocenters. The molecule has 0 aliphatic carbocycles. The van der Waals surface area contributed by atoms with Crippen molar-refractivity contribution in [3.05, 3.63) is 48.6 Å². The average molecular weight is 968 g/mol. The number of carbonyl (C=O) groups is 2. The second-order valence-electron chi connectivity index (χ2n) is 20.8. The average Bonchev–Trinajstić information content (AvgIpc) is 3.35. The minimum atomic E-state index is -0.776. The number of esters is 2. The molecule has 0 radical (unpaired) electrons. The molecule has 1 unspecified atom stereocenters. The Bertz CT molecular complexity index is 1140. The minimum absolute atomic E-state index is 0.0698. The SMILES string of the molecule is CCCCCC/C=C\C/C=C\CCCCCCCC(=O)OCC(CO)OC(=O)CCCCCCCCCCCCCCCCCCCCCCCCCCCCC/C=C\C/C=C\CCCCCCC. The van der Waals surface area contributed by atoms with Gasteiger partial charge >= 0.3 is 11.9 Å². The van der Waals surface area contributed by atoms with E-state index in [1.165, 1.54) is 244 Å². The van der Waals surface area contributed by atoms with Gasteiger partial charge in [-0.05, 0) is 77.0 Å². The van der Waals surface area contributed by atoms with Gasteiger partial charge in [0.1, 0.15) is 6.61 Å². The molecule has 0 spiro atoms. The highest BCUT2D eigenvalue weighted by atomic mass is 16.6. The quantitative estimate of drug-likeness (QED) is 0.0373. The third-order valence-corrected chi connectivity index (χ3v) is 13.8. The Morgan fingerprint density at radius 1 is 0.333 bits per heavy atom. The normalized spacial score (nSPS) is 12.4. The minimum Gasteiger partial charge on any atom is -0.462 e. The van der Waals surface area contributed by atoms with Crippen LogP contribution in [0.15, 0.2) is 48.6 Å². The van der Waals surface area contributed by atoms with Gasteiger partial charge in [-0.25, -0.2) is 0 Å². The van der Waals surface area contributed by atoms with Crippen LogP contribution in [0.4, 0.5) is 0 Å². The Morgan fingerprint density at radius 2 is 0.580 bits per heavy atom. The van der Waals surface area contributed by atoms with E-state index in [2.05, 4.69) is 62.5 Å².